The third-order valence-electron chi connectivity index (χ3n) is 5.17. The van der Waals surface area contributed by atoms with E-state index in [1.807, 2.05) is 42.5 Å². The Bertz CT molecular complexity index is 773. The van der Waals surface area contributed by atoms with E-state index in [0.29, 0.717) is 18.0 Å². The van der Waals surface area contributed by atoms with Crippen molar-refractivity contribution in [3.63, 3.8) is 0 Å². The Labute approximate surface area is 171 Å². The van der Waals surface area contributed by atoms with E-state index in [1.54, 1.807) is 14.2 Å². The smallest absolute Gasteiger partial charge is 0.224 e. The molecule has 2 aromatic carbocycles. The van der Waals surface area contributed by atoms with Crippen molar-refractivity contribution in [2.45, 2.75) is 25.9 Å². The van der Waals surface area contributed by atoms with Crippen LogP contribution in [-0.4, -0.2) is 38.1 Å². The molecule has 1 aliphatic heterocycles. The Morgan fingerprint density at radius 2 is 1.82 bits per heavy atom. The molecule has 0 saturated carbocycles. The predicted molar refractivity (Wildman–Crippen MR) is 111 cm³/mol. The summed E-state index contributed by atoms with van der Waals surface area (Å²) in [7, 11) is 3.24. The van der Waals surface area contributed by atoms with E-state index in [0.717, 1.165) is 43.1 Å². The van der Waals surface area contributed by atoms with Crippen LogP contribution in [0.5, 0.6) is 11.5 Å². The van der Waals surface area contributed by atoms with Gasteiger partial charge in [-0.25, -0.2) is 0 Å². The molecular weight excluding hydrogens is 376 g/mol. The van der Waals surface area contributed by atoms with Gasteiger partial charge in [0.15, 0.2) is 0 Å². The summed E-state index contributed by atoms with van der Waals surface area (Å²) in [4.78, 5) is 15.1. The van der Waals surface area contributed by atoms with Crippen molar-refractivity contribution in [2.75, 3.05) is 27.3 Å². The Morgan fingerprint density at radius 1 is 1.14 bits per heavy atom. The Morgan fingerprint density at radius 3 is 2.46 bits per heavy atom. The standard InChI is InChI=1S/C22H27ClN2O3/c1-27-20-6-3-7-21(28-2)19(20)13-24-22(26)17-5-4-12-25(15-17)14-16-8-10-18(23)11-9-16/h3,6-11,17H,4-5,12-15H2,1-2H3,(H,24,26). The van der Waals surface area contributed by atoms with Crippen LogP contribution in [0.15, 0.2) is 42.5 Å². The third kappa shape index (κ3) is 5.18. The van der Waals surface area contributed by atoms with Gasteiger partial charge in [0.05, 0.1) is 32.2 Å². The number of hydrogen-bond donors (Lipinski definition) is 1. The summed E-state index contributed by atoms with van der Waals surface area (Å²) in [5.74, 6) is 1.50. The van der Waals surface area contributed by atoms with Crippen LogP contribution in [0.1, 0.15) is 24.0 Å². The molecular formula is C22H27ClN2O3. The number of benzene rings is 2. The highest BCUT2D eigenvalue weighted by Crippen LogP contribution is 2.28. The maximum absolute atomic E-state index is 12.8. The first-order chi connectivity index (χ1) is 13.6. The molecule has 5 nitrogen and oxygen atoms in total. The van der Waals surface area contributed by atoms with Gasteiger partial charge in [-0.05, 0) is 49.2 Å². The van der Waals surface area contributed by atoms with Gasteiger partial charge in [-0.1, -0.05) is 29.8 Å². The lowest BCUT2D eigenvalue weighted by Crippen LogP contribution is -2.42. The van der Waals surface area contributed by atoms with Gasteiger partial charge in [0, 0.05) is 18.1 Å². The number of ether oxygens (including phenoxy) is 2. The fourth-order valence-corrected chi connectivity index (χ4v) is 3.81. The number of amides is 1. The number of likely N-dealkylation sites (tertiary alicyclic amines) is 1. The second-order valence-electron chi connectivity index (χ2n) is 7.06. The molecule has 0 aromatic heterocycles. The number of piperidine rings is 1. The predicted octanol–water partition coefficient (Wildman–Crippen LogP) is 3.89. The average Bonchev–Trinajstić information content (AvgIpc) is 2.73. The second-order valence-corrected chi connectivity index (χ2v) is 7.50. The van der Waals surface area contributed by atoms with Crippen molar-refractivity contribution in [3.05, 3.63) is 58.6 Å². The molecule has 3 rings (SSSR count). The molecule has 28 heavy (non-hydrogen) atoms. The zero-order valence-corrected chi connectivity index (χ0v) is 17.2. The number of halogens is 1. The lowest BCUT2D eigenvalue weighted by Gasteiger charge is -2.32. The fourth-order valence-electron chi connectivity index (χ4n) is 3.68. The molecule has 1 fully saturated rings. The Hall–Kier alpha value is -2.24. The van der Waals surface area contributed by atoms with E-state index in [4.69, 9.17) is 21.1 Å². The lowest BCUT2D eigenvalue weighted by molar-refractivity contribution is -0.126. The number of rotatable bonds is 7. The number of nitrogens with one attached hydrogen (secondary N) is 1. The molecule has 1 heterocycles. The van der Waals surface area contributed by atoms with Crippen molar-refractivity contribution < 1.29 is 14.3 Å². The molecule has 0 aliphatic carbocycles. The molecule has 0 spiro atoms. The Balaban J connectivity index is 1.58. The third-order valence-corrected chi connectivity index (χ3v) is 5.42. The van der Waals surface area contributed by atoms with Gasteiger partial charge in [-0.2, -0.15) is 0 Å². The first-order valence-corrected chi connectivity index (χ1v) is 9.93. The highest BCUT2D eigenvalue weighted by Gasteiger charge is 2.26. The van der Waals surface area contributed by atoms with Crippen LogP contribution in [-0.2, 0) is 17.9 Å². The van der Waals surface area contributed by atoms with Crippen molar-refractivity contribution in [1.82, 2.24) is 10.2 Å². The molecule has 2 aromatic rings. The van der Waals surface area contributed by atoms with Crippen molar-refractivity contribution in [3.8, 4) is 11.5 Å². The summed E-state index contributed by atoms with van der Waals surface area (Å²) in [6.07, 6.45) is 1.93. The van der Waals surface area contributed by atoms with Crippen molar-refractivity contribution in [1.29, 1.82) is 0 Å². The molecule has 1 N–H and O–H groups in total. The first-order valence-electron chi connectivity index (χ1n) is 9.55. The van der Waals surface area contributed by atoms with E-state index < -0.39 is 0 Å². The zero-order valence-electron chi connectivity index (χ0n) is 16.4. The number of methoxy groups -OCH3 is 2. The molecule has 150 valence electrons. The minimum atomic E-state index is -0.0123. The van der Waals surface area contributed by atoms with Crippen LogP contribution >= 0.6 is 11.6 Å². The minimum Gasteiger partial charge on any atom is -0.496 e. The van der Waals surface area contributed by atoms with E-state index >= 15 is 0 Å². The van der Waals surface area contributed by atoms with Crippen LogP contribution in [0.25, 0.3) is 0 Å². The molecule has 0 radical (unpaired) electrons. The van der Waals surface area contributed by atoms with Crippen LogP contribution in [0.3, 0.4) is 0 Å². The van der Waals surface area contributed by atoms with Crippen LogP contribution < -0.4 is 14.8 Å². The molecule has 1 saturated heterocycles. The van der Waals surface area contributed by atoms with Gasteiger partial charge in [-0.15, -0.1) is 0 Å². The number of carbonyl (C=O) groups excluding carboxylic acids is 1. The average molecular weight is 403 g/mol. The maximum atomic E-state index is 12.8. The van der Waals surface area contributed by atoms with Crippen LogP contribution in [0, 0.1) is 5.92 Å². The largest absolute Gasteiger partial charge is 0.496 e. The van der Waals surface area contributed by atoms with Gasteiger partial charge >= 0.3 is 0 Å². The number of carbonyl (C=O) groups is 1. The molecule has 1 unspecified atom stereocenters. The van der Waals surface area contributed by atoms with E-state index in [-0.39, 0.29) is 11.8 Å². The first kappa shape index (κ1) is 20.5. The van der Waals surface area contributed by atoms with Crippen LogP contribution in [0.2, 0.25) is 5.02 Å². The van der Waals surface area contributed by atoms with Gasteiger partial charge < -0.3 is 14.8 Å². The summed E-state index contributed by atoms with van der Waals surface area (Å²) in [5.41, 5.74) is 2.07. The highest BCUT2D eigenvalue weighted by molar-refractivity contribution is 6.30. The maximum Gasteiger partial charge on any atom is 0.224 e. The molecule has 1 amide bonds. The zero-order chi connectivity index (χ0) is 19.9. The molecule has 1 atom stereocenters. The van der Waals surface area contributed by atoms with E-state index in [1.165, 1.54) is 5.56 Å². The Kier molecular flexibility index (Phi) is 7.18. The molecule has 0 bridgehead atoms. The topological polar surface area (TPSA) is 50.8 Å². The van der Waals surface area contributed by atoms with E-state index in [2.05, 4.69) is 10.2 Å². The normalized spacial score (nSPS) is 17.2. The number of nitrogens with zero attached hydrogens (tertiary/aromatic N) is 1. The van der Waals surface area contributed by atoms with Crippen molar-refractivity contribution >= 4 is 17.5 Å². The van der Waals surface area contributed by atoms with E-state index in [9.17, 15) is 4.79 Å². The van der Waals surface area contributed by atoms with Crippen LogP contribution in [0.4, 0.5) is 0 Å². The molecule has 1 aliphatic rings. The minimum absolute atomic E-state index is 0.0123. The van der Waals surface area contributed by atoms with Gasteiger partial charge in [0.25, 0.3) is 0 Å². The quantitative estimate of drug-likeness (QED) is 0.763. The van der Waals surface area contributed by atoms with Crippen molar-refractivity contribution in [2.24, 2.45) is 5.92 Å². The summed E-state index contributed by atoms with van der Waals surface area (Å²) in [5, 5.41) is 3.81. The summed E-state index contributed by atoms with van der Waals surface area (Å²) < 4.78 is 10.8. The molecule has 6 heteroatoms. The SMILES string of the molecule is COc1cccc(OC)c1CNC(=O)C1CCCN(Cc2ccc(Cl)cc2)C1. The van der Waals surface area contributed by atoms with Gasteiger partial charge in [0.2, 0.25) is 5.91 Å². The van der Waals surface area contributed by atoms with Gasteiger partial charge in [0.1, 0.15) is 11.5 Å². The monoisotopic (exact) mass is 402 g/mol. The number of hydrogen-bond acceptors (Lipinski definition) is 4. The summed E-state index contributed by atoms with van der Waals surface area (Å²) >= 11 is 5.96. The summed E-state index contributed by atoms with van der Waals surface area (Å²) in [6, 6.07) is 13.5. The summed E-state index contributed by atoms with van der Waals surface area (Å²) in [6.45, 7) is 2.99. The second kappa shape index (κ2) is 9.80. The van der Waals surface area contributed by atoms with Gasteiger partial charge in [-0.3, -0.25) is 9.69 Å². The fraction of sp³-hybridized carbons (Fsp3) is 0.409. The lowest BCUT2D eigenvalue weighted by atomic mass is 9.96. The highest BCUT2D eigenvalue weighted by atomic mass is 35.5.